The zero-order chi connectivity index (χ0) is 15.5. The van der Waals surface area contributed by atoms with Crippen LogP contribution in [0.25, 0.3) is 0 Å². The van der Waals surface area contributed by atoms with Crippen molar-refractivity contribution in [2.75, 3.05) is 19.8 Å². The van der Waals surface area contributed by atoms with E-state index in [1.165, 1.54) is 6.07 Å². The Kier molecular flexibility index (Phi) is 5.44. The van der Waals surface area contributed by atoms with Gasteiger partial charge in [0.15, 0.2) is 0 Å². The average Bonchev–Trinajstić information content (AvgIpc) is 2.42. The Morgan fingerprint density at radius 3 is 2.76 bits per heavy atom. The number of benzene rings is 1. The summed E-state index contributed by atoms with van der Waals surface area (Å²) >= 11 is 3.39. The number of nitrogens with one attached hydrogen (secondary N) is 1. The van der Waals surface area contributed by atoms with E-state index in [1.54, 1.807) is 6.07 Å². The molecule has 0 radical (unpaired) electrons. The zero-order valence-corrected chi connectivity index (χ0v) is 14.7. The molecule has 2 nitrogen and oxygen atoms in total. The van der Waals surface area contributed by atoms with Crippen LogP contribution in [0.15, 0.2) is 22.7 Å². The van der Waals surface area contributed by atoms with E-state index in [1.807, 2.05) is 6.07 Å². The maximum atomic E-state index is 13.7. The average molecular weight is 358 g/mol. The van der Waals surface area contributed by atoms with Crippen LogP contribution in [0.5, 0.6) is 0 Å². The first-order valence-electron chi connectivity index (χ1n) is 7.57. The predicted molar refractivity (Wildman–Crippen MR) is 88.0 cm³/mol. The highest BCUT2D eigenvalue weighted by molar-refractivity contribution is 9.10. The van der Waals surface area contributed by atoms with Gasteiger partial charge in [0, 0.05) is 24.1 Å². The van der Waals surface area contributed by atoms with Gasteiger partial charge in [0.2, 0.25) is 0 Å². The molecule has 0 bridgehead atoms. The molecule has 1 atom stereocenters. The van der Waals surface area contributed by atoms with E-state index >= 15 is 0 Å². The quantitative estimate of drug-likeness (QED) is 0.866. The Bertz CT molecular complexity index is 478. The van der Waals surface area contributed by atoms with Gasteiger partial charge in [-0.1, -0.05) is 12.1 Å². The zero-order valence-electron chi connectivity index (χ0n) is 13.1. The van der Waals surface area contributed by atoms with Gasteiger partial charge in [-0.3, -0.25) is 0 Å². The fraction of sp³-hybridized carbons (Fsp3) is 0.647. The Hall–Kier alpha value is -0.450. The minimum Gasteiger partial charge on any atom is -0.381 e. The van der Waals surface area contributed by atoms with E-state index in [0.717, 1.165) is 44.6 Å². The molecule has 1 N–H and O–H groups in total. The number of rotatable bonds is 4. The fourth-order valence-corrected chi connectivity index (χ4v) is 3.20. The second-order valence-electron chi connectivity index (χ2n) is 7.15. The van der Waals surface area contributed by atoms with Gasteiger partial charge in [0.05, 0.1) is 11.1 Å². The highest BCUT2D eigenvalue weighted by Crippen LogP contribution is 2.35. The highest BCUT2D eigenvalue weighted by Gasteiger charge is 2.34. The number of ether oxygens (including phenoxy) is 1. The lowest BCUT2D eigenvalue weighted by Crippen LogP contribution is -2.48. The number of hydrogen-bond acceptors (Lipinski definition) is 2. The van der Waals surface area contributed by atoms with Crippen molar-refractivity contribution in [3.05, 3.63) is 34.1 Å². The Balaban J connectivity index is 2.17. The molecule has 0 saturated carbocycles. The second-order valence-corrected chi connectivity index (χ2v) is 7.94. The van der Waals surface area contributed by atoms with Crippen LogP contribution in [0.1, 0.15) is 39.2 Å². The molecule has 1 fully saturated rings. The van der Waals surface area contributed by atoms with Crippen LogP contribution in [0.2, 0.25) is 0 Å². The van der Waals surface area contributed by atoms with Crippen LogP contribution in [0.3, 0.4) is 0 Å². The van der Waals surface area contributed by atoms with E-state index < -0.39 is 0 Å². The molecule has 1 saturated heterocycles. The van der Waals surface area contributed by atoms with Crippen molar-refractivity contribution in [1.82, 2.24) is 5.32 Å². The molecular weight excluding hydrogens is 333 g/mol. The summed E-state index contributed by atoms with van der Waals surface area (Å²) in [6.45, 7) is 8.97. The summed E-state index contributed by atoms with van der Waals surface area (Å²) in [6.07, 6.45) is 3.01. The fourth-order valence-electron chi connectivity index (χ4n) is 2.79. The minimum atomic E-state index is -0.192. The molecule has 2 rings (SSSR count). The topological polar surface area (TPSA) is 21.3 Å². The summed E-state index contributed by atoms with van der Waals surface area (Å²) in [5, 5.41) is 3.60. The monoisotopic (exact) mass is 357 g/mol. The van der Waals surface area contributed by atoms with Gasteiger partial charge in [-0.25, -0.2) is 4.39 Å². The number of hydrogen-bond donors (Lipinski definition) is 1. The van der Waals surface area contributed by atoms with Gasteiger partial charge >= 0.3 is 0 Å². The van der Waals surface area contributed by atoms with Gasteiger partial charge < -0.3 is 10.1 Å². The van der Waals surface area contributed by atoms with Crippen LogP contribution in [0.4, 0.5) is 4.39 Å². The van der Waals surface area contributed by atoms with E-state index in [0.29, 0.717) is 4.47 Å². The molecule has 118 valence electrons. The first-order chi connectivity index (χ1) is 9.81. The molecule has 1 heterocycles. The predicted octanol–water partition coefficient (Wildman–Crippen LogP) is 4.32. The van der Waals surface area contributed by atoms with Gasteiger partial charge in [-0.15, -0.1) is 0 Å². The lowest BCUT2D eigenvalue weighted by molar-refractivity contribution is -0.0100. The molecular formula is C17H25BrFNO. The smallest absolute Gasteiger partial charge is 0.137 e. The molecule has 1 aromatic carbocycles. The third kappa shape index (κ3) is 4.76. The van der Waals surface area contributed by atoms with Crippen LogP contribution in [-0.4, -0.2) is 25.3 Å². The molecule has 4 heteroatoms. The highest BCUT2D eigenvalue weighted by atomic mass is 79.9. The summed E-state index contributed by atoms with van der Waals surface area (Å²) in [6, 6.07) is 5.27. The molecule has 0 aromatic heterocycles. The van der Waals surface area contributed by atoms with Crippen molar-refractivity contribution in [2.45, 2.75) is 45.6 Å². The second kappa shape index (κ2) is 6.76. The Morgan fingerprint density at radius 1 is 1.38 bits per heavy atom. The van der Waals surface area contributed by atoms with E-state index in [4.69, 9.17) is 4.74 Å². The van der Waals surface area contributed by atoms with Crippen LogP contribution in [-0.2, 0) is 11.2 Å². The van der Waals surface area contributed by atoms with E-state index in [9.17, 15) is 4.39 Å². The molecule has 1 aliphatic rings. The third-order valence-electron chi connectivity index (χ3n) is 3.99. The first-order valence-corrected chi connectivity index (χ1v) is 8.36. The van der Waals surface area contributed by atoms with Crippen LogP contribution >= 0.6 is 15.9 Å². The molecule has 21 heavy (non-hydrogen) atoms. The lowest BCUT2D eigenvalue weighted by Gasteiger charge is -2.40. The van der Waals surface area contributed by atoms with Crippen molar-refractivity contribution in [2.24, 2.45) is 5.41 Å². The van der Waals surface area contributed by atoms with Gasteiger partial charge in [-0.2, -0.15) is 0 Å². The van der Waals surface area contributed by atoms with E-state index in [-0.39, 0.29) is 16.8 Å². The molecule has 0 spiro atoms. The van der Waals surface area contributed by atoms with Gasteiger partial charge in [0.25, 0.3) is 0 Å². The Labute approximate surface area is 135 Å². The van der Waals surface area contributed by atoms with Crippen molar-refractivity contribution >= 4 is 15.9 Å². The van der Waals surface area contributed by atoms with Crippen LogP contribution < -0.4 is 5.32 Å². The summed E-state index contributed by atoms with van der Waals surface area (Å²) in [4.78, 5) is 0. The normalized spacial score (nSPS) is 23.3. The minimum absolute atomic E-state index is 0.0435. The molecule has 0 aliphatic carbocycles. The SMILES string of the molecule is CC(C)(C)NCC1(Cc2cccc(F)c2Br)CCCOC1. The van der Waals surface area contributed by atoms with Crippen LogP contribution in [0, 0.1) is 11.2 Å². The van der Waals surface area contributed by atoms with Crippen molar-refractivity contribution < 1.29 is 9.13 Å². The molecule has 1 aliphatic heterocycles. The molecule has 1 aromatic rings. The largest absolute Gasteiger partial charge is 0.381 e. The maximum absolute atomic E-state index is 13.7. The summed E-state index contributed by atoms with van der Waals surface area (Å²) < 4.78 is 20.1. The first kappa shape index (κ1) is 16.9. The Morgan fingerprint density at radius 2 is 2.14 bits per heavy atom. The number of halogens is 2. The summed E-state index contributed by atoms with van der Waals surface area (Å²) in [5.74, 6) is -0.192. The van der Waals surface area contributed by atoms with Crippen molar-refractivity contribution in [1.29, 1.82) is 0 Å². The summed E-state index contributed by atoms with van der Waals surface area (Å²) in [7, 11) is 0. The third-order valence-corrected chi connectivity index (χ3v) is 4.88. The summed E-state index contributed by atoms with van der Waals surface area (Å²) in [5.41, 5.74) is 1.14. The van der Waals surface area contributed by atoms with Crippen molar-refractivity contribution in [3.63, 3.8) is 0 Å². The van der Waals surface area contributed by atoms with Gasteiger partial charge in [-0.05, 0) is 67.6 Å². The van der Waals surface area contributed by atoms with E-state index in [2.05, 4.69) is 42.0 Å². The molecule has 1 unspecified atom stereocenters. The lowest BCUT2D eigenvalue weighted by atomic mass is 9.76. The standard InChI is InChI=1S/C17H25BrFNO/c1-16(2,3)20-11-17(8-5-9-21-12-17)10-13-6-4-7-14(19)15(13)18/h4,6-7,20H,5,8-12H2,1-3H3. The molecule has 0 amide bonds. The maximum Gasteiger partial charge on any atom is 0.137 e. The van der Waals surface area contributed by atoms with Gasteiger partial charge in [0.1, 0.15) is 5.82 Å². The van der Waals surface area contributed by atoms with Crippen molar-refractivity contribution in [3.8, 4) is 0 Å².